The van der Waals surface area contributed by atoms with Crippen LogP contribution < -0.4 is 0 Å². The minimum Gasteiger partial charge on any atom is -0.361 e. The summed E-state index contributed by atoms with van der Waals surface area (Å²) in [6.45, 7) is 2.57. The van der Waals surface area contributed by atoms with Crippen molar-refractivity contribution >= 4 is 27.8 Å². The molecule has 1 aliphatic rings. The highest BCUT2D eigenvalue weighted by Gasteiger charge is 2.18. The summed E-state index contributed by atoms with van der Waals surface area (Å²) in [4.78, 5) is 11.3. The summed E-state index contributed by atoms with van der Waals surface area (Å²) in [5, 5.41) is 7.41. The zero-order chi connectivity index (χ0) is 17.3. The van der Waals surface area contributed by atoms with Gasteiger partial charge in [-0.2, -0.15) is 4.98 Å². The fourth-order valence-electron chi connectivity index (χ4n) is 3.45. The first-order chi connectivity index (χ1) is 12.9. The molecule has 4 aromatic rings. The van der Waals surface area contributed by atoms with Gasteiger partial charge in [-0.15, -0.1) is 11.3 Å². The van der Waals surface area contributed by atoms with E-state index in [1.54, 1.807) is 11.3 Å². The molecule has 130 valence electrons. The second-order valence-corrected chi connectivity index (χ2v) is 7.40. The van der Waals surface area contributed by atoms with E-state index in [0.29, 0.717) is 18.3 Å². The standard InChI is InChI=1S/C20H18N4OS/c1-2-5-17-15(4-1)16(12-21-17)14-7-9-24(10-8-14)13-19-22-20(23-25-19)18-6-3-11-26-18/h1-7,11-12,21H,8-10,13H2. The molecule has 0 saturated heterocycles. The number of aromatic amines is 1. The molecule has 0 aliphatic carbocycles. The van der Waals surface area contributed by atoms with Crippen molar-refractivity contribution in [2.24, 2.45) is 0 Å². The van der Waals surface area contributed by atoms with Crippen molar-refractivity contribution in [3.05, 3.63) is 65.5 Å². The lowest BCUT2D eigenvalue weighted by Crippen LogP contribution is -2.28. The smallest absolute Gasteiger partial charge is 0.241 e. The first kappa shape index (κ1) is 15.5. The highest BCUT2D eigenvalue weighted by atomic mass is 32.1. The Kier molecular flexibility index (Phi) is 3.92. The van der Waals surface area contributed by atoms with E-state index in [9.17, 15) is 0 Å². The summed E-state index contributed by atoms with van der Waals surface area (Å²) in [6, 6.07) is 12.5. The fourth-order valence-corrected chi connectivity index (χ4v) is 4.10. The molecule has 0 bridgehead atoms. The van der Waals surface area contributed by atoms with Gasteiger partial charge in [-0.1, -0.05) is 35.5 Å². The van der Waals surface area contributed by atoms with E-state index in [-0.39, 0.29) is 0 Å². The molecule has 3 aromatic heterocycles. The Bertz CT molecular complexity index is 1060. The minimum absolute atomic E-state index is 0.678. The number of benzene rings is 1. The molecule has 1 aliphatic heterocycles. The Morgan fingerprint density at radius 2 is 2.15 bits per heavy atom. The van der Waals surface area contributed by atoms with Gasteiger partial charge in [0.15, 0.2) is 0 Å². The van der Waals surface area contributed by atoms with Crippen LogP contribution in [0.2, 0.25) is 0 Å². The molecule has 0 saturated carbocycles. The highest BCUT2D eigenvalue weighted by Crippen LogP contribution is 2.29. The summed E-state index contributed by atoms with van der Waals surface area (Å²) in [7, 11) is 0. The quantitative estimate of drug-likeness (QED) is 0.578. The Morgan fingerprint density at radius 1 is 1.19 bits per heavy atom. The van der Waals surface area contributed by atoms with Crippen molar-refractivity contribution in [1.29, 1.82) is 0 Å². The van der Waals surface area contributed by atoms with Crippen LogP contribution in [0.5, 0.6) is 0 Å². The third kappa shape index (κ3) is 2.87. The molecular weight excluding hydrogens is 344 g/mol. The predicted molar refractivity (Wildman–Crippen MR) is 104 cm³/mol. The van der Waals surface area contributed by atoms with Gasteiger partial charge in [-0.05, 0) is 29.5 Å². The van der Waals surface area contributed by atoms with Crippen LogP contribution in [-0.4, -0.2) is 33.1 Å². The first-order valence-corrected chi connectivity index (χ1v) is 9.59. The number of fused-ring (bicyclic) bond motifs is 1. The van der Waals surface area contributed by atoms with Gasteiger partial charge < -0.3 is 9.51 Å². The average molecular weight is 362 g/mol. The third-order valence-corrected chi connectivity index (χ3v) is 5.66. The van der Waals surface area contributed by atoms with Gasteiger partial charge in [-0.25, -0.2) is 0 Å². The van der Waals surface area contributed by atoms with Crippen LogP contribution in [-0.2, 0) is 6.54 Å². The van der Waals surface area contributed by atoms with Gasteiger partial charge in [0, 0.05) is 35.8 Å². The molecule has 0 atom stereocenters. The molecule has 4 heterocycles. The van der Waals surface area contributed by atoms with Gasteiger partial charge >= 0.3 is 0 Å². The largest absolute Gasteiger partial charge is 0.361 e. The summed E-state index contributed by atoms with van der Waals surface area (Å²) in [6.07, 6.45) is 5.46. The van der Waals surface area contributed by atoms with Gasteiger partial charge in [-0.3, -0.25) is 4.90 Å². The fraction of sp³-hybridized carbons (Fsp3) is 0.200. The lowest BCUT2D eigenvalue weighted by atomic mass is 9.99. The number of hydrogen-bond acceptors (Lipinski definition) is 5. The number of rotatable bonds is 4. The predicted octanol–water partition coefficient (Wildman–Crippen LogP) is 4.57. The lowest BCUT2D eigenvalue weighted by molar-refractivity contribution is 0.245. The van der Waals surface area contributed by atoms with E-state index < -0.39 is 0 Å². The van der Waals surface area contributed by atoms with E-state index in [4.69, 9.17) is 4.52 Å². The molecule has 0 amide bonds. The molecule has 1 aromatic carbocycles. The number of thiophene rings is 1. The van der Waals surface area contributed by atoms with Crippen LogP contribution >= 0.6 is 11.3 Å². The zero-order valence-electron chi connectivity index (χ0n) is 14.2. The van der Waals surface area contributed by atoms with E-state index in [1.165, 1.54) is 22.0 Å². The van der Waals surface area contributed by atoms with Gasteiger partial charge in [0.1, 0.15) is 0 Å². The van der Waals surface area contributed by atoms with Crippen LogP contribution in [0, 0.1) is 0 Å². The van der Waals surface area contributed by atoms with Crippen LogP contribution in [0.1, 0.15) is 17.9 Å². The van der Waals surface area contributed by atoms with E-state index in [0.717, 1.165) is 24.4 Å². The van der Waals surface area contributed by atoms with Crippen LogP contribution in [0.15, 0.2) is 58.6 Å². The number of H-pyrrole nitrogens is 1. The van der Waals surface area contributed by atoms with Crippen molar-refractivity contribution in [3.8, 4) is 10.7 Å². The molecular formula is C20H18N4OS. The lowest BCUT2D eigenvalue weighted by Gasteiger charge is -2.24. The molecule has 0 radical (unpaired) electrons. The van der Waals surface area contributed by atoms with E-state index >= 15 is 0 Å². The Balaban J connectivity index is 1.29. The van der Waals surface area contributed by atoms with Crippen LogP contribution in [0.25, 0.3) is 27.2 Å². The molecule has 26 heavy (non-hydrogen) atoms. The van der Waals surface area contributed by atoms with Crippen molar-refractivity contribution in [1.82, 2.24) is 20.0 Å². The van der Waals surface area contributed by atoms with Crippen molar-refractivity contribution < 1.29 is 4.52 Å². The molecule has 6 heteroatoms. The minimum atomic E-state index is 0.678. The molecule has 0 spiro atoms. The SMILES string of the molecule is C1=C(c2c[nH]c3ccccc23)CCN(Cc2nc(-c3cccs3)no2)C1. The number of nitrogens with zero attached hydrogens (tertiary/aromatic N) is 3. The van der Waals surface area contributed by atoms with Crippen LogP contribution in [0.4, 0.5) is 0 Å². The molecule has 0 fully saturated rings. The number of aromatic nitrogens is 3. The van der Waals surface area contributed by atoms with Crippen molar-refractivity contribution in [2.75, 3.05) is 13.1 Å². The number of para-hydroxylation sites is 1. The second kappa shape index (κ2) is 6.55. The van der Waals surface area contributed by atoms with E-state index in [1.807, 2.05) is 17.5 Å². The molecule has 5 nitrogen and oxygen atoms in total. The summed E-state index contributed by atoms with van der Waals surface area (Å²) in [5.74, 6) is 1.36. The van der Waals surface area contributed by atoms with Crippen molar-refractivity contribution in [3.63, 3.8) is 0 Å². The molecule has 5 rings (SSSR count). The first-order valence-electron chi connectivity index (χ1n) is 8.71. The Morgan fingerprint density at radius 3 is 3.00 bits per heavy atom. The summed E-state index contributed by atoms with van der Waals surface area (Å²) in [5.41, 5.74) is 3.92. The number of hydrogen-bond donors (Lipinski definition) is 1. The monoisotopic (exact) mass is 362 g/mol. The summed E-state index contributed by atoms with van der Waals surface area (Å²) < 4.78 is 5.43. The average Bonchev–Trinajstić information content (AvgIpc) is 3.43. The van der Waals surface area contributed by atoms with Gasteiger partial charge in [0.05, 0.1) is 11.4 Å². The highest BCUT2D eigenvalue weighted by molar-refractivity contribution is 7.13. The van der Waals surface area contributed by atoms with Crippen molar-refractivity contribution in [2.45, 2.75) is 13.0 Å². The second-order valence-electron chi connectivity index (χ2n) is 6.45. The normalized spacial score (nSPS) is 15.5. The maximum atomic E-state index is 5.43. The maximum Gasteiger partial charge on any atom is 0.241 e. The topological polar surface area (TPSA) is 58.0 Å². The van der Waals surface area contributed by atoms with Gasteiger partial charge in [0.2, 0.25) is 11.7 Å². The van der Waals surface area contributed by atoms with Crippen LogP contribution in [0.3, 0.4) is 0 Å². The maximum absolute atomic E-state index is 5.43. The molecule has 0 unspecified atom stereocenters. The Labute approximate surface area is 155 Å². The molecule has 1 N–H and O–H groups in total. The van der Waals surface area contributed by atoms with Gasteiger partial charge in [0.25, 0.3) is 0 Å². The summed E-state index contributed by atoms with van der Waals surface area (Å²) >= 11 is 1.62. The number of nitrogens with one attached hydrogen (secondary N) is 1. The Hall–Kier alpha value is -2.70. The third-order valence-electron chi connectivity index (χ3n) is 4.80. The van der Waals surface area contributed by atoms with E-state index in [2.05, 4.69) is 56.6 Å². The zero-order valence-corrected chi connectivity index (χ0v) is 15.0.